The van der Waals surface area contributed by atoms with Crippen LogP contribution in [0.1, 0.15) is 16.7 Å². The molecular weight excluding hydrogens is 405 g/mol. The van der Waals surface area contributed by atoms with E-state index >= 15 is 0 Å². The summed E-state index contributed by atoms with van der Waals surface area (Å²) < 4.78 is 114. The van der Waals surface area contributed by atoms with Crippen molar-refractivity contribution < 1.29 is 44.6 Å². The van der Waals surface area contributed by atoms with Crippen molar-refractivity contribution in [3.8, 4) is 0 Å². The summed E-state index contributed by atoms with van der Waals surface area (Å²) >= 11 is 0. The Morgan fingerprint density at radius 2 is 1.07 bits per heavy atom. The summed E-state index contributed by atoms with van der Waals surface area (Å²) in [7, 11) is 0. The molecule has 2 aromatic carbocycles. The summed E-state index contributed by atoms with van der Waals surface area (Å²) in [5.74, 6) is 0. The summed E-state index contributed by atoms with van der Waals surface area (Å²) in [6.07, 6.45) is -16.5. The van der Waals surface area contributed by atoms with Crippen LogP contribution in [0.15, 0.2) is 48.5 Å². The lowest BCUT2D eigenvalue weighted by Crippen LogP contribution is -2.53. The van der Waals surface area contributed by atoms with Crippen molar-refractivity contribution in [3.05, 3.63) is 65.2 Å². The van der Waals surface area contributed by atoms with Crippen molar-refractivity contribution in [1.82, 2.24) is 0 Å². The van der Waals surface area contributed by atoms with Crippen molar-refractivity contribution in [2.75, 3.05) is 5.32 Å². The van der Waals surface area contributed by atoms with Gasteiger partial charge in [0, 0.05) is 17.8 Å². The third-order valence-electron chi connectivity index (χ3n) is 3.90. The molecule has 0 aromatic heterocycles. The third kappa shape index (κ3) is 4.34. The minimum Gasteiger partial charge on any atom is -0.381 e. The predicted octanol–water partition coefficient (Wildman–Crippen LogP) is 5.63. The van der Waals surface area contributed by atoms with Crippen molar-refractivity contribution in [2.24, 2.45) is 0 Å². The third-order valence-corrected chi connectivity index (χ3v) is 3.90. The van der Waals surface area contributed by atoms with Crippen LogP contribution in [0.4, 0.5) is 45.2 Å². The second kappa shape index (κ2) is 7.19. The monoisotopic (exact) mass is 417 g/mol. The van der Waals surface area contributed by atoms with E-state index in [1.54, 1.807) is 0 Å². The van der Waals surface area contributed by atoms with E-state index in [0.717, 1.165) is 24.3 Å². The van der Waals surface area contributed by atoms with Crippen LogP contribution in [0, 0.1) is 0 Å². The van der Waals surface area contributed by atoms with Crippen molar-refractivity contribution in [2.45, 2.75) is 30.7 Å². The Balaban J connectivity index is 2.14. The highest BCUT2D eigenvalue weighted by molar-refractivity contribution is 5.47. The van der Waals surface area contributed by atoms with E-state index in [-0.39, 0.29) is 12.2 Å². The fourth-order valence-electron chi connectivity index (χ4n) is 2.33. The lowest BCUT2D eigenvalue weighted by Gasteiger charge is -2.32. The SMILES string of the molecule is OC(c1ccc(NCc2ccc(C(F)(F)F)cc2)cc1)(C(F)(F)F)C(F)(F)F. The number of nitrogens with one attached hydrogen (secondary N) is 1. The second-order valence-electron chi connectivity index (χ2n) is 5.83. The van der Waals surface area contributed by atoms with E-state index in [9.17, 15) is 44.6 Å². The molecule has 154 valence electrons. The number of hydrogen-bond acceptors (Lipinski definition) is 2. The molecule has 0 bridgehead atoms. The number of halogens is 9. The minimum absolute atomic E-state index is 0.0275. The minimum atomic E-state index is -5.99. The van der Waals surface area contributed by atoms with Crippen LogP contribution in [-0.4, -0.2) is 17.5 Å². The highest BCUT2D eigenvalue weighted by Gasteiger charge is 2.71. The molecule has 0 amide bonds. The van der Waals surface area contributed by atoms with Gasteiger partial charge in [0.2, 0.25) is 0 Å². The van der Waals surface area contributed by atoms with Gasteiger partial charge < -0.3 is 10.4 Å². The van der Waals surface area contributed by atoms with Gasteiger partial charge in [-0.05, 0) is 29.8 Å². The molecular formula is C17H12F9NO. The molecule has 2 aromatic rings. The van der Waals surface area contributed by atoms with Gasteiger partial charge >= 0.3 is 18.5 Å². The molecule has 0 aliphatic carbocycles. The van der Waals surface area contributed by atoms with Crippen LogP contribution in [0.2, 0.25) is 0 Å². The summed E-state index contributed by atoms with van der Waals surface area (Å²) in [6, 6.07) is 6.75. The number of rotatable bonds is 4. The molecule has 0 saturated carbocycles. The molecule has 2 N–H and O–H groups in total. The molecule has 0 saturated heterocycles. The number of hydrogen-bond donors (Lipinski definition) is 2. The topological polar surface area (TPSA) is 32.3 Å². The van der Waals surface area contributed by atoms with Crippen LogP contribution < -0.4 is 5.32 Å². The smallest absolute Gasteiger partial charge is 0.381 e. The van der Waals surface area contributed by atoms with Gasteiger partial charge in [-0.2, -0.15) is 39.5 Å². The van der Waals surface area contributed by atoms with E-state index in [1.165, 1.54) is 12.1 Å². The summed E-state index contributed by atoms with van der Waals surface area (Å²) in [5.41, 5.74) is -6.78. The number of anilines is 1. The van der Waals surface area contributed by atoms with Crippen LogP contribution in [-0.2, 0) is 18.3 Å². The summed E-state index contributed by atoms with van der Waals surface area (Å²) in [5, 5.41) is 11.9. The highest BCUT2D eigenvalue weighted by atomic mass is 19.4. The van der Waals surface area contributed by atoms with Crippen LogP contribution in [0.5, 0.6) is 0 Å². The van der Waals surface area contributed by atoms with E-state index in [1.807, 2.05) is 0 Å². The zero-order chi connectivity index (χ0) is 21.4. The Morgan fingerprint density at radius 3 is 1.46 bits per heavy atom. The Morgan fingerprint density at radius 1 is 0.643 bits per heavy atom. The van der Waals surface area contributed by atoms with Crippen molar-refractivity contribution >= 4 is 5.69 Å². The van der Waals surface area contributed by atoms with Gasteiger partial charge in [-0.3, -0.25) is 0 Å². The van der Waals surface area contributed by atoms with Gasteiger partial charge in [0.1, 0.15) is 0 Å². The normalized spacial score (nSPS) is 13.5. The van der Waals surface area contributed by atoms with Crippen molar-refractivity contribution in [3.63, 3.8) is 0 Å². The van der Waals surface area contributed by atoms with E-state index in [0.29, 0.717) is 17.7 Å². The fourth-order valence-corrected chi connectivity index (χ4v) is 2.33. The molecule has 0 unspecified atom stereocenters. The average Bonchev–Trinajstić information content (AvgIpc) is 2.57. The number of benzene rings is 2. The first-order valence-electron chi connectivity index (χ1n) is 7.52. The molecule has 0 aliphatic rings. The van der Waals surface area contributed by atoms with Gasteiger partial charge in [0.25, 0.3) is 5.60 Å². The Labute approximate surface area is 152 Å². The second-order valence-corrected chi connectivity index (χ2v) is 5.83. The Bertz CT molecular complexity index is 776. The lowest BCUT2D eigenvalue weighted by atomic mass is 9.92. The first-order valence-corrected chi connectivity index (χ1v) is 7.52. The summed E-state index contributed by atoms with van der Waals surface area (Å²) in [6.45, 7) is -0.0275. The van der Waals surface area contributed by atoms with Crippen LogP contribution in [0.25, 0.3) is 0 Å². The molecule has 2 rings (SSSR count). The molecule has 11 heteroatoms. The van der Waals surface area contributed by atoms with Gasteiger partial charge in [-0.25, -0.2) is 0 Å². The van der Waals surface area contributed by atoms with E-state index in [2.05, 4.69) is 5.32 Å². The molecule has 28 heavy (non-hydrogen) atoms. The fraction of sp³-hybridized carbons (Fsp3) is 0.294. The van der Waals surface area contributed by atoms with Gasteiger partial charge in [0.15, 0.2) is 0 Å². The van der Waals surface area contributed by atoms with E-state index < -0.39 is 35.3 Å². The number of aliphatic hydroxyl groups is 1. The molecule has 0 radical (unpaired) electrons. The zero-order valence-corrected chi connectivity index (χ0v) is 13.7. The Hall–Kier alpha value is -2.43. The standard InChI is InChI=1S/C17H12F9NO/c18-15(19,20)12-3-1-10(2-4-12)9-27-13-7-5-11(6-8-13)14(28,16(21,22)23)17(24,25)26/h1-8,27-28H,9H2. The number of alkyl halides is 9. The molecule has 0 atom stereocenters. The van der Waals surface area contributed by atoms with Gasteiger partial charge in [-0.1, -0.05) is 24.3 Å². The van der Waals surface area contributed by atoms with E-state index in [4.69, 9.17) is 0 Å². The predicted molar refractivity (Wildman–Crippen MR) is 81.2 cm³/mol. The van der Waals surface area contributed by atoms with Gasteiger partial charge in [-0.15, -0.1) is 0 Å². The molecule has 2 nitrogen and oxygen atoms in total. The van der Waals surface area contributed by atoms with Gasteiger partial charge in [0.05, 0.1) is 5.56 Å². The maximum Gasteiger partial charge on any atom is 0.430 e. The maximum absolute atomic E-state index is 12.8. The lowest BCUT2D eigenvalue weighted by molar-refractivity contribution is -0.376. The maximum atomic E-state index is 12.8. The first-order chi connectivity index (χ1) is 12.7. The highest BCUT2D eigenvalue weighted by Crippen LogP contribution is 2.50. The molecule has 0 aliphatic heterocycles. The molecule has 0 heterocycles. The van der Waals surface area contributed by atoms with Crippen LogP contribution in [0.3, 0.4) is 0 Å². The quantitative estimate of drug-likeness (QED) is 0.632. The summed E-state index contributed by atoms with van der Waals surface area (Å²) in [4.78, 5) is 0. The first kappa shape index (κ1) is 21.9. The van der Waals surface area contributed by atoms with Crippen molar-refractivity contribution in [1.29, 1.82) is 0 Å². The Kier molecular flexibility index (Phi) is 5.61. The molecule has 0 fully saturated rings. The zero-order valence-electron chi connectivity index (χ0n) is 13.7. The average molecular weight is 417 g/mol. The largest absolute Gasteiger partial charge is 0.430 e. The van der Waals surface area contributed by atoms with Crippen LogP contribution >= 0.6 is 0 Å². The molecule has 0 spiro atoms.